The van der Waals surface area contributed by atoms with Crippen LogP contribution in [0.1, 0.15) is 25.6 Å². The highest BCUT2D eigenvalue weighted by molar-refractivity contribution is 7.80. The molecule has 0 saturated carbocycles. The van der Waals surface area contributed by atoms with Crippen LogP contribution in [-0.4, -0.2) is 36.2 Å². The number of benzene rings is 1. The number of rotatable bonds is 2. The Morgan fingerprint density at radius 3 is 2.45 bits per heavy atom. The van der Waals surface area contributed by atoms with Gasteiger partial charge in [-0.1, -0.05) is 24.4 Å². The largest absolute Gasteiger partial charge is 0.378 e. The molecule has 1 fully saturated rings. The molecule has 0 radical (unpaired) electrons. The molecule has 0 bridgehead atoms. The van der Waals surface area contributed by atoms with E-state index in [1.165, 1.54) is 12.0 Å². The van der Waals surface area contributed by atoms with E-state index >= 15 is 0 Å². The lowest BCUT2D eigenvalue weighted by Gasteiger charge is -2.38. The van der Waals surface area contributed by atoms with Crippen molar-refractivity contribution in [1.82, 2.24) is 10.4 Å². The van der Waals surface area contributed by atoms with Crippen LogP contribution in [0.15, 0.2) is 24.3 Å². The van der Waals surface area contributed by atoms with Crippen LogP contribution in [0.2, 0.25) is 0 Å². The summed E-state index contributed by atoms with van der Waals surface area (Å²) < 4.78 is 0. The summed E-state index contributed by atoms with van der Waals surface area (Å²) in [6.45, 7) is 3.29. The lowest BCUT2D eigenvalue weighted by molar-refractivity contribution is -0.217. The van der Waals surface area contributed by atoms with E-state index < -0.39 is 0 Å². The highest BCUT2D eigenvalue weighted by Crippen LogP contribution is 2.25. The maximum Gasteiger partial charge on any atom is 0.245 e. The molecule has 1 aromatic rings. The van der Waals surface area contributed by atoms with E-state index in [9.17, 15) is 4.79 Å². The number of amides is 1. The zero-order chi connectivity index (χ0) is 14.9. The van der Waals surface area contributed by atoms with Gasteiger partial charge in [-0.2, -0.15) is 5.06 Å². The van der Waals surface area contributed by atoms with Crippen molar-refractivity contribution in [2.45, 2.75) is 26.1 Å². The van der Waals surface area contributed by atoms with E-state index in [1.54, 1.807) is 0 Å². The molecule has 1 aliphatic rings. The second-order valence-corrected chi connectivity index (χ2v) is 5.43. The zero-order valence-electron chi connectivity index (χ0n) is 12.1. The minimum atomic E-state index is -0.382. The lowest BCUT2D eigenvalue weighted by atomic mass is 10.1. The maximum absolute atomic E-state index is 11.7. The lowest BCUT2D eigenvalue weighted by Crippen LogP contribution is -2.53. The molecule has 1 N–H and O–H groups in total. The van der Waals surface area contributed by atoms with Crippen LogP contribution in [0.25, 0.3) is 0 Å². The van der Waals surface area contributed by atoms with E-state index in [0.29, 0.717) is 4.99 Å². The normalized spacial score (nSPS) is 22.4. The summed E-state index contributed by atoms with van der Waals surface area (Å²) in [5.41, 5.74) is 2.02. The fraction of sp³-hybridized carbons (Fsp3) is 0.429. The van der Waals surface area contributed by atoms with Gasteiger partial charge >= 0.3 is 0 Å². The van der Waals surface area contributed by atoms with Gasteiger partial charge in [0, 0.05) is 26.7 Å². The van der Waals surface area contributed by atoms with Crippen molar-refractivity contribution in [3.63, 3.8) is 0 Å². The van der Waals surface area contributed by atoms with Gasteiger partial charge in [-0.05, 0) is 24.6 Å². The van der Waals surface area contributed by atoms with Crippen molar-refractivity contribution < 1.29 is 9.63 Å². The van der Waals surface area contributed by atoms with Crippen LogP contribution < -0.4 is 10.2 Å². The van der Waals surface area contributed by atoms with E-state index in [2.05, 4.69) is 5.32 Å². The summed E-state index contributed by atoms with van der Waals surface area (Å²) in [7, 11) is 3.96. The van der Waals surface area contributed by atoms with Gasteiger partial charge in [0.15, 0.2) is 6.17 Å². The smallest absolute Gasteiger partial charge is 0.245 e. The van der Waals surface area contributed by atoms with Crippen LogP contribution in [0.3, 0.4) is 0 Å². The fourth-order valence-electron chi connectivity index (χ4n) is 2.02. The number of carbonyl (C=O) groups is 1. The van der Waals surface area contributed by atoms with Crippen LogP contribution in [0, 0.1) is 0 Å². The third kappa shape index (κ3) is 2.91. The Hall–Kier alpha value is -1.66. The molecule has 2 atom stereocenters. The number of hydrogen-bond donors (Lipinski definition) is 1. The van der Waals surface area contributed by atoms with Gasteiger partial charge < -0.3 is 10.2 Å². The zero-order valence-corrected chi connectivity index (χ0v) is 12.9. The third-order valence-corrected chi connectivity index (χ3v) is 3.64. The van der Waals surface area contributed by atoms with Crippen molar-refractivity contribution in [1.29, 1.82) is 0 Å². The van der Waals surface area contributed by atoms with Gasteiger partial charge in [0.05, 0.1) is 0 Å². The number of hydrogen-bond acceptors (Lipinski definition) is 4. The number of thiocarbonyl (C=S) groups is 1. The Kier molecular flexibility index (Phi) is 4.25. The van der Waals surface area contributed by atoms with Crippen LogP contribution in [0.5, 0.6) is 0 Å². The molecule has 0 aliphatic carbocycles. The summed E-state index contributed by atoms with van der Waals surface area (Å²) in [4.78, 5) is 19.9. The van der Waals surface area contributed by atoms with Crippen molar-refractivity contribution in [3.8, 4) is 0 Å². The number of carbonyl (C=O) groups excluding carboxylic acids is 1. The van der Waals surface area contributed by atoms with E-state index in [4.69, 9.17) is 17.1 Å². The minimum Gasteiger partial charge on any atom is -0.378 e. The molecule has 1 amide bonds. The third-order valence-electron chi connectivity index (χ3n) is 3.19. The molecular weight excluding hydrogens is 274 g/mol. The van der Waals surface area contributed by atoms with Crippen molar-refractivity contribution in [3.05, 3.63) is 29.8 Å². The highest BCUT2D eigenvalue weighted by atomic mass is 32.1. The Labute approximate surface area is 124 Å². The van der Waals surface area contributed by atoms with Crippen molar-refractivity contribution >= 4 is 28.8 Å². The van der Waals surface area contributed by atoms with Gasteiger partial charge in [-0.25, -0.2) is 0 Å². The highest BCUT2D eigenvalue weighted by Gasteiger charge is 2.33. The van der Waals surface area contributed by atoms with Gasteiger partial charge in [0.1, 0.15) is 11.1 Å². The van der Waals surface area contributed by atoms with Crippen LogP contribution >= 0.6 is 12.2 Å². The summed E-state index contributed by atoms with van der Waals surface area (Å²) in [5.74, 6) is -0.159. The average molecular weight is 293 g/mol. The quantitative estimate of drug-likeness (QED) is 0.843. The van der Waals surface area contributed by atoms with Crippen LogP contribution in [0.4, 0.5) is 5.69 Å². The molecule has 0 spiro atoms. The van der Waals surface area contributed by atoms with Gasteiger partial charge in [-0.15, -0.1) is 0 Å². The Morgan fingerprint density at radius 2 is 1.95 bits per heavy atom. The number of nitrogens with zero attached hydrogens (tertiary/aromatic N) is 2. The molecule has 0 unspecified atom stereocenters. The number of hydroxylamine groups is 2. The van der Waals surface area contributed by atoms with Gasteiger partial charge in [0.25, 0.3) is 0 Å². The molecule has 108 valence electrons. The molecule has 0 aromatic heterocycles. The monoisotopic (exact) mass is 293 g/mol. The molecule has 2 rings (SSSR count). The van der Waals surface area contributed by atoms with E-state index in [0.717, 1.165) is 11.3 Å². The molecule has 1 heterocycles. The second kappa shape index (κ2) is 5.76. The van der Waals surface area contributed by atoms with E-state index in [-0.39, 0.29) is 18.2 Å². The van der Waals surface area contributed by atoms with Crippen molar-refractivity contribution in [2.75, 3.05) is 19.0 Å². The SMILES string of the molecule is CC(=O)N1O[C@@H](C)C(=S)N[C@H]1c1ccc(N(C)C)cc1. The Balaban J connectivity index is 2.28. The van der Waals surface area contributed by atoms with Crippen molar-refractivity contribution in [2.24, 2.45) is 0 Å². The summed E-state index contributed by atoms with van der Waals surface area (Å²) in [6, 6.07) is 7.92. The average Bonchev–Trinajstić information content (AvgIpc) is 2.41. The molecule has 1 saturated heterocycles. The minimum absolute atomic E-state index is 0.159. The molecule has 5 nitrogen and oxygen atoms in total. The maximum atomic E-state index is 11.7. The molecule has 1 aromatic carbocycles. The summed E-state index contributed by atoms with van der Waals surface area (Å²) in [5, 5.41) is 4.50. The van der Waals surface area contributed by atoms with E-state index in [1.807, 2.05) is 50.2 Å². The van der Waals surface area contributed by atoms with Gasteiger partial charge in [0.2, 0.25) is 5.91 Å². The predicted octanol–water partition coefficient (Wildman–Crippen LogP) is 1.85. The first-order chi connectivity index (χ1) is 9.40. The Morgan fingerprint density at radius 1 is 1.35 bits per heavy atom. The number of nitrogens with one attached hydrogen (secondary N) is 1. The standard InChI is InChI=1S/C14H19N3O2S/c1-9-14(20)15-13(17(19-9)10(2)18)11-5-7-12(8-6-11)16(3)4/h5-9,13H,1-4H3,(H,15,20)/t9-,13+/m0/s1. The molecule has 20 heavy (non-hydrogen) atoms. The summed E-state index contributed by atoms with van der Waals surface area (Å²) in [6.07, 6.45) is -0.682. The molecular formula is C14H19N3O2S. The molecule has 6 heteroatoms. The first-order valence-electron chi connectivity index (χ1n) is 6.44. The topological polar surface area (TPSA) is 44.8 Å². The number of anilines is 1. The summed E-state index contributed by atoms with van der Waals surface area (Å²) >= 11 is 5.23. The first-order valence-corrected chi connectivity index (χ1v) is 6.85. The second-order valence-electron chi connectivity index (χ2n) is 4.99. The predicted molar refractivity (Wildman–Crippen MR) is 82.3 cm³/mol. The Bertz CT molecular complexity index is 516. The molecule has 1 aliphatic heterocycles. The first kappa shape index (κ1) is 14.7. The van der Waals surface area contributed by atoms with Crippen LogP contribution in [-0.2, 0) is 9.63 Å². The fourth-order valence-corrected chi connectivity index (χ4v) is 2.17. The van der Waals surface area contributed by atoms with Gasteiger partial charge in [-0.3, -0.25) is 9.63 Å².